The second-order valence-corrected chi connectivity index (χ2v) is 7.96. The largest absolute Gasteiger partial charge is 0.378 e. The summed E-state index contributed by atoms with van der Waals surface area (Å²) in [7, 11) is 0. The Balaban J connectivity index is 1.31. The highest BCUT2D eigenvalue weighted by atomic mass is 16.5. The molecule has 4 heterocycles. The Hall–Kier alpha value is -1.73. The summed E-state index contributed by atoms with van der Waals surface area (Å²) < 4.78 is 5.39. The summed E-state index contributed by atoms with van der Waals surface area (Å²) in [5.41, 5.74) is 1.00. The van der Waals surface area contributed by atoms with Gasteiger partial charge in [-0.05, 0) is 39.2 Å². The van der Waals surface area contributed by atoms with Crippen molar-refractivity contribution in [2.24, 2.45) is 5.92 Å². The lowest BCUT2D eigenvalue weighted by Gasteiger charge is -2.43. The van der Waals surface area contributed by atoms with Crippen LogP contribution in [0.2, 0.25) is 0 Å². The van der Waals surface area contributed by atoms with Gasteiger partial charge in [0.25, 0.3) is 0 Å². The third kappa shape index (κ3) is 4.24. The number of aromatic nitrogens is 2. The Bertz CT molecular complexity index is 641. The molecule has 27 heavy (non-hydrogen) atoms. The average Bonchev–Trinajstić information content (AvgIpc) is 2.74. The van der Waals surface area contributed by atoms with Gasteiger partial charge in [-0.25, -0.2) is 4.98 Å². The number of rotatable bonds is 3. The van der Waals surface area contributed by atoms with Crippen molar-refractivity contribution in [1.29, 1.82) is 0 Å². The molecule has 3 aliphatic rings. The maximum absolute atomic E-state index is 12.9. The number of likely N-dealkylation sites (tertiary alicyclic amines) is 1. The number of aryl methyl sites for hydroxylation is 1. The molecule has 0 saturated carbocycles. The predicted molar refractivity (Wildman–Crippen MR) is 104 cm³/mol. The Morgan fingerprint density at radius 1 is 1.04 bits per heavy atom. The highest BCUT2D eigenvalue weighted by Gasteiger charge is 2.34. The van der Waals surface area contributed by atoms with Crippen molar-refractivity contribution in [3.63, 3.8) is 0 Å². The van der Waals surface area contributed by atoms with Crippen molar-refractivity contribution in [2.75, 3.05) is 57.4 Å². The number of ether oxygens (including phenoxy) is 1. The summed E-state index contributed by atoms with van der Waals surface area (Å²) in [5, 5.41) is 0. The Morgan fingerprint density at radius 2 is 1.78 bits per heavy atom. The van der Waals surface area contributed by atoms with E-state index in [0.717, 1.165) is 76.5 Å². The van der Waals surface area contributed by atoms with E-state index in [1.807, 2.05) is 11.8 Å². The molecule has 1 amide bonds. The van der Waals surface area contributed by atoms with Crippen LogP contribution in [0.5, 0.6) is 0 Å². The lowest BCUT2D eigenvalue weighted by Crippen LogP contribution is -2.52. The molecular weight excluding hydrogens is 342 g/mol. The lowest BCUT2D eigenvalue weighted by atomic mass is 9.92. The van der Waals surface area contributed by atoms with E-state index < -0.39 is 0 Å². The highest BCUT2D eigenvalue weighted by Crippen LogP contribution is 2.27. The molecule has 0 N–H and O–H groups in total. The molecule has 0 radical (unpaired) electrons. The summed E-state index contributed by atoms with van der Waals surface area (Å²) in [4.78, 5) is 28.7. The molecule has 4 rings (SSSR count). The minimum Gasteiger partial charge on any atom is -0.378 e. The first-order valence-electron chi connectivity index (χ1n) is 10.4. The van der Waals surface area contributed by atoms with Crippen LogP contribution in [0.3, 0.4) is 0 Å². The standard InChI is InChI=1S/C20H31N5O2/c1-16-19(22-7-6-21-16)23-9-4-18(5-10-23)25-8-2-3-17(15-25)20(26)24-11-13-27-14-12-24/h6-7,17-18H,2-5,8-15H2,1H3/t17-/m0/s1. The summed E-state index contributed by atoms with van der Waals surface area (Å²) in [6.07, 6.45) is 7.96. The minimum atomic E-state index is 0.164. The van der Waals surface area contributed by atoms with Crippen molar-refractivity contribution in [1.82, 2.24) is 19.8 Å². The third-order valence-corrected chi connectivity index (χ3v) is 6.26. The number of amides is 1. The first kappa shape index (κ1) is 18.6. The molecule has 7 nitrogen and oxygen atoms in total. The molecule has 3 aliphatic heterocycles. The van der Waals surface area contributed by atoms with E-state index >= 15 is 0 Å². The maximum atomic E-state index is 12.9. The van der Waals surface area contributed by atoms with Gasteiger partial charge in [0.1, 0.15) is 5.82 Å². The lowest BCUT2D eigenvalue weighted by molar-refractivity contribution is -0.141. The second kappa shape index (κ2) is 8.52. The van der Waals surface area contributed by atoms with Crippen molar-refractivity contribution in [3.8, 4) is 0 Å². The molecular formula is C20H31N5O2. The Labute approximate surface area is 161 Å². The predicted octanol–water partition coefficient (Wildman–Crippen LogP) is 1.32. The van der Waals surface area contributed by atoms with Crippen LogP contribution >= 0.6 is 0 Å². The quantitative estimate of drug-likeness (QED) is 0.797. The van der Waals surface area contributed by atoms with Crippen LogP contribution in [0.1, 0.15) is 31.4 Å². The molecule has 0 spiro atoms. The smallest absolute Gasteiger partial charge is 0.227 e. The summed E-state index contributed by atoms with van der Waals surface area (Å²) in [5.74, 6) is 1.53. The Morgan fingerprint density at radius 3 is 2.52 bits per heavy atom. The van der Waals surface area contributed by atoms with Crippen molar-refractivity contribution >= 4 is 11.7 Å². The summed E-state index contributed by atoms with van der Waals surface area (Å²) >= 11 is 0. The van der Waals surface area contributed by atoms with Crippen LogP contribution in [0.15, 0.2) is 12.4 Å². The van der Waals surface area contributed by atoms with E-state index in [4.69, 9.17) is 4.74 Å². The topological polar surface area (TPSA) is 61.8 Å². The fourth-order valence-corrected chi connectivity index (χ4v) is 4.74. The average molecular weight is 374 g/mol. The maximum Gasteiger partial charge on any atom is 0.227 e. The van der Waals surface area contributed by atoms with Crippen LogP contribution < -0.4 is 4.90 Å². The first-order chi connectivity index (χ1) is 13.2. The van der Waals surface area contributed by atoms with Gasteiger partial charge in [0.05, 0.1) is 24.8 Å². The van der Waals surface area contributed by atoms with E-state index in [2.05, 4.69) is 19.8 Å². The number of carbonyl (C=O) groups is 1. The van der Waals surface area contributed by atoms with Crippen LogP contribution in [0, 0.1) is 12.8 Å². The van der Waals surface area contributed by atoms with E-state index in [1.165, 1.54) is 0 Å². The number of hydrogen-bond acceptors (Lipinski definition) is 6. The number of nitrogens with zero attached hydrogens (tertiary/aromatic N) is 5. The van der Waals surface area contributed by atoms with Gasteiger partial charge in [0.15, 0.2) is 0 Å². The Kier molecular flexibility index (Phi) is 5.88. The molecule has 0 aromatic carbocycles. The van der Waals surface area contributed by atoms with Gasteiger partial charge in [-0.1, -0.05) is 0 Å². The van der Waals surface area contributed by atoms with E-state index in [0.29, 0.717) is 25.2 Å². The molecule has 0 unspecified atom stereocenters. The summed E-state index contributed by atoms with van der Waals surface area (Å²) in [6.45, 7) is 8.99. The van der Waals surface area contributed by atoms with Crippen LogP contribution in [0.25, 0.3) is 0 Å². The number of hydrogen-bond donors (Lipinski definition) is 0. The van der Waals surface area contributed by atoms with Crippen molar-refractivity contribution in [3.05, 3.63) is 18.1 Å². The van der Waals surface area contributed by atoms with Crippen LogP contribution in [0.4, 0.5) is 5.82 Å². The minimum absolute atomic E-state index is 0.164. The number of anilines is 1. The second-order valence-electron chi connectivity index (χ2n) is 7.96. The molecule has 3 fully saturated rings. The SMILES string of the molecule is Cc1nccnc1N1CCC(N2CCC[C@H](C(=O)N3CCOCC3)C2)CC1. The number of piperidine rings is 2. The van der Waals surface area contributed by atoms with Crippen molar-refractivity contribution in [2.45, 2.75) is 38.6 Å². The molecule has 0 bridgehead atoms. The fourth-order valence-electron chi connectivity index (χ4n) is 4.74. The van der Waals surface area contributed by atoms with E-state index in [-0.39, 0.29) is 5.92 Å². The van der Waals surface area contributed by atoms with Gasteiger partial charge in [-0.3, -0.25) is 14.7 Å². The zero-order valence-corrected chi connectivity index (χ0v) is 16.3. The van der Waals surface area contributed by atoms with Gasteiger partial charge in [0.2, 0.25) is 5.91 Å². The fraction of sp³-hybridized carbons (Fsp3) is 0.750. The summed E-state index contributed by atoms with van der Waals surface area (Å²) in [6, 6.07) is 0.582. The van der Waals surface area contributed by atoms with Crippen LogP contribution in [-0.2, 0) is 9.53 Å². The van der Waals surface area contributed by atoms with Gasteiger partial charge >= 0.3 is 0 Å². The van der Waals surface area contributed by atoms with E-state index in [9.17, 15) is 4.79 Å². The van der Waals surface area contributed by atoms with Gasteiger partial charge < -0.3 is 14.5 Å². The number of carbonyl (C=O) groups excluding carboxylic acids is 1. The first-order valence-corrected chi connectivity index (χ1v) is 10.4. The highest BCUT2D eigenvalue weighted by molar-refractivity contribution is 5.79. The molecule has 3 saturated heterocycles. The molecule has 1 atom stereocenters. The van der Waals surface area contributed by atoms with Crippen LogP contribution in [-0.4, -0.2) is 84.2 Å². The van der Waals surface area contributed by atoms with E-state index in [1.54, 1.807) is 12.4 Å². The molecule has 7 heteroatoms. The van der Waals surface area contributed by atoms with Gasteiger partial charge in [0, 0.05) is 51.2 Å². The zero-order chi connectivity index (χ0) is 18.6. The van der Waals surface area contributed by atoms with Gasteiger partial charge in [-0.2, -0.15) is 0 Å². The molecule has 0 aliphatic carbocycles. The molecule has 1 aromatic heterocycles. The molecule has 148 valence electrons. The zero-order valence-electron chi connectivity index (χ0n) is 16.3. The monoisotopic (exact) mass is 373 g/mol. The third-order valence-electron chi connectivity index (χ3n) is 6.26. The van der Waals surface area contributed by atoms with Crippen molar-refractivity contribution < 1.29 is 9.53 Å². The van der Waals surface area contributed by atoms with Gasteiger partial charge in [-0.15, -0.1) is 0 Å². The normalized spacial score (nSPS) is 25.6. The number of morpholine rings is 1. The molecule has 1 aromatic rings.